The van der Waals surface area contributed by atoms with Crippen molar-refractivity contribution in [1.82, 2.24) is 10.3 Å². The number of nitrogens with zero attached hydrogens (tertiary/aromatic N) is 1. The predicted octanol–water partition coefficient (Wildman–Crippen LogP) is 0.941. The maximum Gasteiger partial charge on any atom is 0.267 e. The molecule has 0 unspecified atom stereocenters. The second kappa shape index (κ2) is 5.75. The lowest BCUT2D eigenvalue weighted by atomic mass is 10.2. The molecule has 0 saturated carbocycles. The van der Waals surface area contributed by atoms with Crippen LogP contribution in [0.4, 0.5) is 0 Å². The number of hydrogen-bond acceptors (Lipinski definition) is 4. The molecular formula is C12H21N3O2. The summed E-state index contributed by atoms with van der Waals surface area (Å²) in [4.78, 5) is 14.8. The van der Waals surface area contributed by atoms with Gasteiger partial charge < -0.3 is 15.8 Å². The van der Waals surface area contributed by atoms with Crippen molar-refractivity contribution >= 4 is 5.91 Å². The second-order valence-electron chi connectivity index (χ2n) is 4.18. The van der Waals surface area contributed by atoms with Gasteiger partial charge in [-0.1, -0.05) is 6.07 Å². The average molecular weight is 239 g/mol. The van der Waals surface area contributed by atoms with Crippen molar-refractivity contribution < 1.29 is 12.4 Å². The maximum atomic E-state index is 10.8. The van der Waals surface area contributed by atoms with Crippen molar-refractivity contribution in [2.24, 2.45) is 5.73 Å². The summed E-state index contributed by atoms with van der Waals surface area (Å²) >= 11 is 0. The Morgan fingerprint density at radius 1 is 1.65 bits per heavy atom. The largest absolute Gasteiger partial charge is 0.377 e. The normalized spacial score (nSPS) is 19.4. The zero-order valence-corrected chi connectivity index (χ0v) is 9.69. The Morgan fingerprint density at radius 3 is 3.12 bits per heavy atom. The van der Waals surface area contributed by atoms with Crippen molar-refractivity contribution in [3.63, 3.8) is 0 Å². The highest BCUT2D eigenvalue weighted by Gasteiger charge is 2.14. The van der Waals surface area contributed by atoms with Crippen LogP contribution in [0.5, 0.6) is 0 Å². The number of amides is 1. The first-order chi connectivity index (χ1) is 8.25. The van der Waals surface area contributed by atoms with E-state index in [1.807, 2.05) is 6.07 Å². The van der Waals surface area contributed by atoms with Gasteiger partial charge in [0, 0.05) is 28.7 Å². The van der Waals surface area contributed by atoms with Gasteiger partial charge in [-0.05, 0) is 24.5 Å². The van der Waals surface area contributed by atoms with Gasteiger partial charge in [-0.3, -0.25) is 9.78 Å². The van der Waals surface area contributed by atoms with Gasteiger partial charge in [0.25, 0.3) is 5.91 Å². The Balaban J connectivity index is 0.00000162. The molecule has 1 amide bonds. The number of carbonyl (C=O) groups is 1. The standard InChI is InChI=1S/C12H17N3O2.2H2/c13-12(16)11-4-3-9(7-15-11)6-14-8-10-2-1-5-17-10;;/h3-4,7,10,14H,1-2,5-6,8H2,(H2,13,16);2*1H/t10-;;/m1../s1. The van der Waals surface area contributed by atoms with E-state index in [0.717, 1.165) is 38.1 Å². The molecule has 1 aromatic rings. The molecule has 1 aromatic heterocycles. The lowest BCUT2D eigenvalue weighted by Gasteiger charge is -2.10. The SMILES string of the molecule is NC(=O)c1ccc(CNC[C@H]2CCCO2)cn1.[HH].[HH]. The third-order valence-electron chi connectivity index (χ3n) is 2.80. The molecule has 5 nitrogen and oxygen atoms in total. The van der Waals surface area contributed by atoms with E-state index in [1.165, 1.54) is 0 Å². The maximum absolute atomic E-state index is 10.8. The molecule has 0 bridgehead atoms. The fourth-order valence-corrected chi connectivity index (χ4v) is 1.86. The fourth-order valence-electron chi connectivity index (χ4n) is 1.86. The van der Waals surface area contributed by atoms with Gasteiger partial charge in [0.2, 0.25) is 0 Å². The first-order valence-electron chi connectivity index (χ1n) is 5.83. The molecule has 1 saturated heterocycles. The van der Waals surface area contributed by atoms with Gasteiger partial charge in [-0.15, -0.1) is 0 Å². The number of nitrogens with two attached hydrogens (primary N) is 1. The number of nitrogens with one attached hydrogen (secondary N) is 1. The number of carbonyl (C=O) groups excluding carboxylic acids is 1. The van der Waals surface area contributed by atoms with Crippen LogP contribution in [0.15, 0.2) is 18.3 Å². The minimum Gasteiger partial charge on any atom is -0.377 e. The molecule has 1 aliphatic heterocycles. The van der Waals surface area contributed by atoms with E-state index in [2.05, 4.69) is 10.3 Å². The molecule has 1 fully saturated rings. The minimum atomic E-state index is -0.496. The summed E-state index contributed by atoms with van der Waals surface area (Å²) in [6.45, 7) is 2.46. The van der Waals surface area contributed by atoms with E-state index in [4.69, 9.17) is 10.5 Å². The van der Waals surface area contributed by atoms with Gasteiger partial charge in [0.15, 0.2) is 0 Å². The Bertz CT molecular complexity index is 381. The molecule has 2 rings (SSSR count). The van der Waals surface area contributed by atoms with Crippen molar-refractivity contribution in [2.45, 2.75) is 25.5 Å². The minimum absolute atomic E-state index is 0. The molecule has 0 spiro atoms. The van der Waals surface area contributed by atoms with Crippen LogP contribution in [0.3, 0.4) is 0 Å². The molecule has 1 atom stereocenters. The highest BCUT2D eigenvalue weighted by atomic mass is 16.5. The quantitative estimate of drug-likeness (QED) is 0.801. The molecule has 96 valence electrons. The Hall–Kier alpha value is -1.46. The van der Waals surface area contributed by atoms with Gasteiger partial charge in [0.1, 0.15) is 5.69 Å². The summed E-state index contributed by atoms with van der Waals surface area (Å²) in [5, 5.41) is 3.31. The molecular weight excluding hydrogens is 218 g/mol. The molecule has 0 aromatic carbocycles. The van der Waals surface area contributed by atoms with Crippen LogP contribution >= 0.6 is 0 Å². The van der Waals surface area contributed by atoms with E-state index in [0.29, 0.717) is 11.8 Å². The third-order valence-corrected chi connectivity index (χ3v) is 2.80. The van der Waals surface area contributed by atoms with Crippen LogP contribution in [-0.2, 0) is 11.3 Å². The van der Waals surface area contributed by atoms with E-state index < -0.39 is 5.91 Å². The summed E-state index contributed by atoms with van der Waals surface area (Å²) in [5.74, 6) is -0.496. The number of pyridine rings is 1. The number of hydrogen-bond donors (Lipinski definition) is 2. The number of aromatic nitrogens is 1. The van der Waals surface area contributed by atoms with Crippen molar-refractivity contribution in [1.29, 1.82) is 0 Å². The highest BCUT2D eigenvalue weighted by Crippen LogP contribution is 2.10. The van der Waals surface area contributed by atoms with Crippen LogP contribution in [-0.4, -0.2) is 30.1 Å². The van der Waals surface area contributed by atoms with E-state index >= 15 is 0 Å². The molecule has 2 heterocycles. The topological polar surface area (TPSA) is 77.2 Å². The Morgan fingerprint density at radius 2 is 2.53 bits per heavy atom. The van der Waals surface area contributed by atoms with Gasteiger partial charge in [-0.2, -0.15) is 0 Å². The monoisotopic (exact) mass is 239 g/mol. The van der Waals surface area contributed by atoms with Crippen LogP contribution in [0.2, 0.25) is 0 Å². The first kappa shape index (κ1) is 12.0. The smallest absolute Gasteiger partial charge is 0.267 e. The number of rotatable bonds is 5. The number of primary amides is 1. The van der Waals surface area contributed by atoms with Crippen LogP contribution < -0.4 is 11.1 Å². The average Bonchev–Trinajstić information content (AvgIpc) is 2.83. The third kappa shape index (κ3) is 3.51. The zero-order valence-electron chi connectivity index (χ0n) is 9.69. The van der Waals surface area contributed by atoms with Crippen molar-refractivity contribution in [3.05, 3.63) is 29.6 Å². The van der Waals surface area contributed by atoms with E-state index in [9.17, 15) is 4.79 Å². The first-order valence-corrected chi connectivity index (χ1v) is 5.83. The molecule has 17 heavy (non-hydrogen) atoms. The van der Waals surface area contributed by atoms with Crippen LogP contribution in [0.25, 0.3) is 0 Å². The molecule has 0 aliphatic carbocycles. The Labute approximate surface area is 103 Å². The van der Waals surface area contributed by atoms with Crippen molar-refractivity contribution in [2.75, 3.05) is 13.2 Å². The molecule has 0 radical (unpaired) electrons. The molecule has 3 N–H and O–H groups in total. The summed E-state index contributed by atoms with van der Waals surface area (Å²) in [6.07, 6.45) is 4.29. The molecule has 1 aliphatic rings. The Kier molecular flexibility index (Phi) is 4.06. The predicted molar refractivity (Wildman–Crippen MR) is 67.7 cm³/mol. The lowest BCUT2D eigenvalue weighted by Crippen LogP contribution is -2.25. The summed E-state index contributed by atoms with van der Waals surface area (Å²) in [5.41, 5.74) is 6.45. The molecule has 5 heteroatoms. The highest BCUT2D eigenvalue weighted by molar-refractivity contribution is 5.90. The van der Waals surface area contributed by atoms with Crippen LogP contribution in [0, 0.1) is 0 Å². The van der Waals surface area contributed by atoms with E-state index in [-0.39, 0.29) is 2.85 Å². The van der Waals surface area contributed by atoms with Gasteiger partial charge in [-0.25, -0.2) is 0 Å². The number of ether oxygens (including phenoxy) is 1. The second-order valence-corrected chi connectivity index (χ2v) is 4.18. The van der Waals surface area contributed by atoms with Crippen molar-refractivity contribution in [3.8, 4) is 0 Å². The summed E-state index contributed by atoms with van der Waals surface area (Å²) < 4.78 is 5.50. The van der Waals surface area contributed by atoms with E-state index in [1.54, 1.807) is 12.3 Å². The fraction of sp³-hybridized carbons (Fsp3) is 0.500. The van der Waals surface area contributed by atoms with Gasteiger partial charge >= 0.3 is 0 Å². The lowest BCUT2D eigenvalue weighted by molar-refractivity contribution is 0.0995. The van der Waals surface area contributed by atoms with Crippen LogP contribution in [0.1, 0.15) is 31.7 Å². The summed E-state index contributed by atoms with van der Waals surface area (Å²) in [7, 11) is 0. The summed E-state index contributed by atoms with van der Waals surface area (Å²) in [6, 6.07) is 3.50. The van der Waals surface area contributed by atoms with Gasteiger partial charge in [0.05, 0.1) is 6.10 Å². The zero-order chi connectivity index (χ0) is 12.1.